The fourth-order valence-electron chi connectivity index (χ4n) is 4.76. The molecule has 0 aliphatic rings. The average Bonchev–Trinajstić information content (AvgIpc) is 3.35. The van der Waals surface area contributed by atoms with Crippen LogP contribution in [-0.4, -0.2) is 36.2 Å². The van der Waals surface area contributed by atoms with Crippen molar-refractivity contribution in [3.63, 3.8) is 0 Å². The van der Waals surface area contributed by atoms with Crippen molar-refractivity contribution in [2.24, 2.45) is 7.05 Å². The topological polar surface area (TPSA) is 99.1 Å². The number of fused-ring (bicyclic) bond motifs is 1. The summed E-state index contributed by atoms with van der Waals surface area (Å²) in [4.78, 5) is 44.4. The Kier molecular flexibility index (Phi) is 7.76. The summed E-state index contributed by atoms with van der Waals surface area (Å²) in [5.74, 6) is 0.331. The third-order valence-corrected chi connectivity index (χ3v) is 7.53. The van der Waals surface area contributed by atoms with E-state index in [0.717, 1.165) is 10.1 Å². The van der Waals surface area contributed by atoms with E-state index in [1.54, 1.807) is 71.3 Å². The number of ketones is 1. The quantitative estimate of drug-likeness (QED) is 0.248. The Morgan fingerprint density at radius 1 is 0.975 bits per heavy atom. The lowest BCUT2D eigenvalue weighted by Crippen LogP contribution is -2.40. The van der Waals surface area contributed by atoms with E-state index in [1.165, 1.54) is 11.6 Å². The summed E-state index contributed by atoms with van der Waals surface area (Å²) in [5.41, 5.74) is 1.87. The van der Waals surface area contributed by atoms with Gasteiger partial charge in [-0.05, 0) is 55.3 Å². The Morgan fingerprint density at radius 3 is 2.30 bits per heavy atom. The van der Waals surface area contributed by atoms with Crippen LogP contribution in [0.3, 0.4) is 0 Å². The summed E-state index contributed by atoms with van der Waals surface area (Å²) < 4.78 is 4.24. The molecular weight excluding hydrogens is 551 g/mol. The number of carbonyl (C=O) groups excluding carboxylic acids is 1. The van der Waals surface area contributed by atoms with Crippen LogP contribution < -0.4 is 11.2 Å². The van der Waals surface area contributed by atoms with Gasteiger partial charge < -0.3 is 5.11 Å². The second-order valence-corrected chi connectivity index (χ2v) is 10.3. The first kappa shape index (κ1) is 27.6. The zero-order valence-electron chi connectivity index (χ0n) is 21.8. The third kappa shape index (κ3) is 4.90. The first-order valence-electron chi connectivity index (χ1n) is 12.7. The molecule has 2 heterocycles. The van der Waals surface area contributed by atoms with Gasteiger partial charge in [-0.1, -0.05) is 59.6 Å². The molecule has 0 amide bonds. The number of halogens is 2. The molecular formula is C30H26Cl2N4O4. The molecule has 5 aromatic rings. The highest BCUT2D eigenvalue weighted by atomic mass is 35.5. The van der Waals surface area contributed by atoms with Gasteiger partial charge in [0.05, 0.1) is 11.1 Å². The molecule has 40 heavy (non-hydrogen) atoms. The van der Waals surface area contributed by atoms with Crippen LogP contribution in [0.15, 0.2) is 82.4 Å². The number of Topliss-reactive ketones (excluding diaryl/α,β-unsaturated/α-hetero) is 1. The van der Waals surface area contributed by atoms with Crippen LogP contribution in [0, 0.1) is 0 Å². The zero-order chi connectivity index (χ0) is 28.6. The van der Waals surface area contributed by atoms with Crippen molar-refractivity contribution in [2.75, 3.05) is 6.61 Å². The minimum atomic E-state index is -0.531. The van der Waals surface area contributed by atoms with Gasteiger partial charge in [0.2, 0.25) is 0 Å². The molecule has 0 aliphatic carbocycles. The van der Waals surface area contributed by atoms with Gasteiger partial charge in [-0.3, -0.25) is 23.3 Å². The van der Waals surface area contributed by atoms with Gasteiger partial charge in [0.1, 0.15) is 5.82 Å². The number of imidazole rings is 1. The molecule has 3 aromatic carbocycles. The minimum absolute atomic E-state index is 0.0502. The van der Waals surface area contributed by atoms with Crippen molar-refractivity contribution >= 4 is 40.1 Å². The fourth-order valence-corrected chi connectivity index (χ4v) is 5.11. The molecule has 0 bridgehead atoms. The highest BCUT2D eigenvalue weighted by Crippen LogP contribution is 2.33. The van der Waals surface area contributed by atoms with Crippen LogP contribution in [-0.2, 0) is 7.05 Å². The van der Waals surface area contributed by atoms with Crippen molar-refractivity contribution in [2.45, 2.75) is 25.8 Å². The number of benzene rings is 3. The van der Waals surface area contributed by atoms with E-state index in [2.05, 4.69) is 0 Å². The number of aliphatic hydroxyl groups excluding tert-OH is 1. The number of hydrogen-bond acceptors (Lipinski definition) is 5. The molecule has 0 saturated carbocycles. The number of rotatable bonds is 8. The molecule has 0 saturated heterocycles. The molecule has 0 spiro atoms. The summed E-state index contributed by atoms with van der Waals surface area (Å²) in [6.07, 6.45) is 0.645. The maximum absolute atomic E-state index is 13.6. The molecule has 2 aromatic heterocycles. The monoisotopic (exact) mass is 576 g/mol. The van der Waals surface area contributed by atoms with E-state index in [4.69, 9.17) is 33.3 Å². The molecule has 5 rings (SSSR count). The van der Waals surface area contributed by atoms with Gasteiger partial charge in [0.25, 0.3) is 5.56 Å². The second-order valence-electron chi connectivity index (χ2n) is 9.46. The summed E-state index contributed by atoms with van der Waals surface area (Å²) in [6, 6.07) is 20.6. The Hall–Kier alpha value is -3.98. The second kappa shape index (κ2) is 11.3. The van der Waals surface area contributed by atoms with E-state index in [9.17, 15) is 14.4 Å². The SMILES string of the molecule is C[C@@H](c1ccc(C(=O)CCCO)cc1)n1c(=O)n(C)c(=O)c2c1nc(-c1ccccc1Cl)n2-c1ccc(Cl)cc1. The van der Waals surface area contributed by atoms with Crippen molar-refractivity contribution in [3.8, 4) is 17.1 Å². The Balaban J connectivity index is 1.76. The maximum Gasteiger partial charge on any atom is 0.333 e. The van der Waals surface area contributed by atoms with E-state index in [1.807, 2.05) is 13.0 Å². The van der Waals surface area contributed by atoms with Gasteiger partial charge in [-0.15, -0.1) is 0 Å². The van der Waals surface area contributed by atoms with Gasteiger partial charge in [-0.25, -0.2) is 9.78 Å². The van der Waals surface area contributed by atoms with E-state index in [0.29, 0.717) is 39.1 Å². The maximum atomic E-state index is 13.6. The minimum Gasteiger partial charge on any atom is -0.396 e. The van der Waals surface area contributed by atoms with Crippen LogP contribution in [0.5, 0.6) is 0 Å². The molecule has 0 unspecified atom stereocenters. The van der Waals surface area contributed by atoms with Crippen LogP contribution >= 0.6 is 23.2 Å². The van der Waals surface area contributed by atoms with Crippen molar-refractivity contribution < 1.29 is 9.90 Å². The smallest absolute Gasteiger partial charge is 0.333 e. The largest absolute Gasteiger partial charge is 0.396 e. The molecule has 8 nitrogen and oxygen atoms in total. The number of aromatic nitrogens is 4. The summed E-state index contributed by atoms with van der Waals surface area (Å²) in [6.45, 7) is 1.79. The molecule has 0 aliphatic heterocycles. The summed E-state index contributed by atoms with van der Waals surface area (Å²) in [5, 5.41) is 9.99. The number of nitrogens with zero attached hydrogens (tertiary/aromatic N) is 4. The third-order valence-electron chi connectivity index (χ3n) is 6.95. The summed E-state index contributed by atoms with van der Waals surface area (Å²) >= 11 is 12.7. The summed E-state index contributed by atoms with van der Waals surface area (Å²) in [7, 11) is 1.44. The van der Waals surface area contributed by atoms with E-state index < -0.39 is 17.3 Å². The number of hydrogen-bond donors (Lipinski definition) is 1. The highest BCUT2D eigenvalue weighted by molar-refractivity contribution is 6.33. The molecule has 204 valence electrons. The van der Waals surface area contributed by atoms with Crippen molar-refractivity contribution in [3.05, 3.63) is 115 Å². The molecule has 0 radical (unpaired) electrons. The molecule has 0 fully saturated rings. The lowest BCUT2D eigenvalue weighted by molar-refractivity contribution is 0.0971. The van der Waals surface area contributed by atoms with Crippen molar-refractivity contribution in [1.29, 1.82) is 0 Å². The van der Waals surface area contributed by atoms with Gasteiger partial charge in [0, 0.05) is 41.9 Å². The molecule has 1 atom stereocenters. The Bertz CT molecular complexity index is 1840. The first-order valence-corrected chi connectivity index (χ1v) is 13.5. The fraction of sp³-hybridized carbons (Fsp3) is 0.200. The average molecular weight is 577 g/mol. The Morgan fingerprint density at radius 2 is 1.65 bits per heavy atom. The predicted molar refractivity (Wildman–Crippen MR) is 157 cm³/mol. The normalized spacial score (nSPS) is 12.1. The van der Waals surface area contributed by atoms with Crippen molar-refractivity contribution in [1.82, 2.24) is 18.7 Å². The standard InChI is InChI=1S/C30H26Cl2N4O4/c1-18(19-9-11-20(12-10-19)25(38)8-5-17-37)35-28-26(29(39)34(2)30(35)40)36(22-15-13-21(31)14-16-22)27(33-28)23-6-3-4-7-24(23)32/h3-4,6-7,9-16,18,37H,5,8,17H2,1-2H3/t18-/m0/s1. The van der Waals surface area contributed by atoms with E-state index in [-0.39, 0.29) is 30.0 Å². The predicted octanol–water partition coefficient (Wildman–Crippen LogP) is 5.42. The van der Waals surface area contributed by atoms with Gasteiger partial charge >= 0.3 is 5.69 Å². The highest BCUT2D eigenvalue weighted by Gasteiger charge is 2.26. The number of aliphatic hydroxyl groups is 1. The zero-order valence-corrected chi connectivity index (χ0v) is 23.4. The molecule has 10 heteroatoms. The van der Waals surface area contributed by atoms with Crippen LogP contribution in [0.2, 0.25) is 10.0 Å². The van der Waals surface area contributed by atoms with E-state index >= 15 is 0 Å². The number of carbonyl (C=O) groups is 1. The first-order chi connectivity index (χ1) is 19.2. The molecule has 1 N–H and O–H groups in total. The van der Waals surface area contributed by atoms with Crippen LogP contribution in [0.1, 0.15) is 41.7 Å². The van der Waals surface area contributed by atoms with Crippen LogP contribution in [0.4, 0.5) is 0 Å². The van der Waals surface area contributed by atoms with Crippen LogP contribution in [0.25, 0.3) is 28.2 Å². The van der Waals surface area contributed by atoms with Gasteiger partial charge in [0.15, 0.2) is 16.9 Å². The lowest BCUT2D eigenvalue weighted by Gasteiger charge is -2.18. The Labute approximate surface area is 239 Å². The lowest BCUT2D eigenvalue weighted by atomic mass is 10.0. The van der Waals surface area contributed by atoms with Gasteiger partial charge in [-0.2, -0.15) is 0 Å².